The monoisotopic (exact) mass is 605 g/mol. The first-order valence-corrected chi connectivity index (χ1v) is 13.4. The van der Waals surface area contributed by atoms with Crippen molar-refractivity contribution in [1.29, 1.82) is 0 Å². The average molecular weight is 606 g/mol. The van der Waals surface area contributed by atoms with Crippen molar-refractivity contribution in [2.24, 2.45) is 0 Å². The lowest BCUT2D eigenvalue weighted by Gasteiger charge is -2.15. The molecule has 0 atom stereocenters. The molecule has 3 aromatic heterocycles. The number of carboxylic acid groups (broad SMARTS) is 3. The van der Waals surface area contributed by atoms with E-state index in [-0.39, 0.29) is 24.0 Å². The van der Waals surface area contributed by atoms with Gasteiger partial charge in [-0.3, -0.25) is 5.10 Å². The van der Waals surface area contributed by atoms with Gasteiger partial charge in [0, 0.05) is 6.42 Å². The van der Waals surface area contributed by atoms with Gasteiger partial charge in [-0.1, -0.05) is 54.6 Å². The van der Waals surface area contributed by atoms with Crippen molar-refractivity contribution < 1.29 is 29.7 Å². The molecule has 45 heavy (non-hydrogen) atoms. The fourth-order valence-corrected chi connectivity index (χ4v) is 4.92. The highest BCUT2D eigenvalue weighted by atomic mass is 16.4. The fourth-order valence-electron chi connectivity index (χ4n) is 4.92. The number of aromatic amines is 1. The number of hydrogen-bond acceptors (Lipinski definition) is 9. The van der Waals surface area contributed by atoms with Crippen molar-refractivity contribution in [2.75, 3.05) is 0 Å². The van der Waals surface area contributed by atoms with Crippen LogP contribution in [0.3, 0.4) is 0 Å². The molecule has 3 heterocycles. The van der Waals surface area contributed by atoms with Crippen molar-refractivity contribution in [3.05, 3.63) is 119 Å². The quantitative estimate of drug-likeness (QED) is 0.168. The van der Waals surface area contributed by atoms with E-state index in [0.717, 1.165) is 38.9 Å². The third-order valence-electron chi connectivity index (χ3n) is 6.88. The van der Waals surface area contributed by atoms with Crippen LogP contribution >= 0.6 is 0 Å². The van der Waals surface area contributed by atoms with Crippen LogP contribution in [0.1, 0.15) is 54.4 Å². The van der Waals surface area contributed by atoms with E-state index < -0.39 is 17.9 Å². The van der Waals surface area contributed by atoms with Crippen molar-refractivity contribution in [1.82, 2.24) is 44.7 Å². The highest BCUT2D eigenvalue weighted by molar-refractivity contribution is 5.83. The Balaban J connectivity index is 1.38. The molecule has 0 amide bonds. The number of nitrogens with one attached hydrogen (secondary N) is 1. The first kappa shape index (κ1) is 28.6. The Morgan fingerprint density at radius 3 is 1.98 bits per heavy atom. The summed E-state index contributed by atoms with van der Waals surface area (Å²) in [5, 5.41) is 42.2. The molecule has 0 radical (unpaired) electrons. The fraction of sp³-hybridized carbons (Fsp3) is 0.100. The lowest BCUT2D eigenvalue weighted by atomic mass is 9.91. The van der Waals surface area contributed by atoms with Gasteiger partial charge in [0.1, 0.15) is 18.5 Å². The highest BCUT2D eigenvalue weighted by Gasteiger charge is 2.16. The second-order valence-electron chi connectivity index (χ2n) is 9.96. The van der Waals surface area contributed by atoms with Crippen LogP contribution in [0, 0.1) is 0 Å². The normalized spacial score (nSPS) is 11.0. The number of carbonyl (C=O) groups is 3. The number of hydrogen-bond donors (Lipinski definition) is 4. The molecule has 0 saturated heterocycles. The molecule has 0 fully saturated rings. The van der Waals surface area contributed by atoms with E-state index in [2.05, 4.69) is 35.3 Å². The largest absolute Gasteiger partial charge is 0.475 e. The van der Waals surface area contributed by atoms with Crippen LogP contribution in [0.4, 0.5) is 0 Å². The van der Waals surface area contributed by atoms with Gasteiger partial charge in [0.05, 0.1) is 13.1 Å². The standard InChI is InChI=1S/C30H23N9O6/c40-28(41)25-31-15-38(36-25)13-17-4-3-6-18(10-17)23-9-8-20(11-21(23)14-39-16-32-26(37-39)29(42)43)22-7-2-1-5-19(22)12-24-33-27(30(44)45)35-34-24/h1-11,15-16H,12-14H2,(H,40,41)(H,42,43)(H,44,45)(H,33,34,35). The Morgan fingerprint density at radius 2 is 1.31 bits per heavy atom. The van der Waals surface area contributed by atoms with Crippen molar-refractivity contribution in [2.45, 2.75) is 19.5 Å². The topological polar surface area (TPSA) is 215 Å². The van der Waals surface area contributed by atoms with Gasteiger partial charge >= 0.3 is 17.9 Å². The number of carboxylic acids is 3. The molecule has 0 aliphatic heterocycles. The maximum absolute atomic E-state index is 11.4. The third kappa shape index (κ3) is 6.31. The summed E-state index contributed by atoms with van der Waals surface area (Å²) < 4.78 is 2.90. The van der Waals surface area contributed by atoms with Crippen molar-refractivity contribution in [3.63, 3.8) is 0 Å². The predicted octanol–water partition coefficient (Wildman–Crippen LogP) is 3.10. The number of aromatic carboxylic acids is 3. The summed E-state index contributed by atoms with van der Waals surface area (Å²) in [6.07, 6.45) is 3.03. The maximum Gasteiger partial charge on any atom is 0.375 e. The molecule has 3 aromatic carbocycles. The van der Waals surface area contributed by atoms with Gasteiger partial charge < -0.3 is 15.3 Å². The van der Waals surface area contributed by atoms with Crippen LogP contribution in [-0.2, 0) is 19.5 Å². The number of rotatable bonds is 11. The molecule has 0 saturated carbocycles. The van der Waals surface area contributed by atoms with Crippen LogP contribution in [0.15, 0.2) is 79.4 Å². The zero-order valence-electron chi connectivity index (χ0n) is 23.3. The van der Waals surface area contributed by atoms with Crippen LogP contribution in [0.2, 0.25) is 0 Å². The molecule has 0 unspecified atom stereocenters. The SMILES string of the molecule is O=C(O)c1n[nH]c(Cc2ccccc2-c2ccc(-c3cccc(Cn4cnc(C(=O)O)n4)c3)c(Cn3cnc(C(=O)O)n3)c2)n1. The van der Waals surface area contributed by atoms with E-state index in [4.69, 9.17) is 5.11 Å². The number of benzene rings is 3. The molecule has 15 heteroatoms. The summed E-state index contributed by atoms with van der Waals surface area (Å²) in [5.41, 5.74) is 6.03. The number of nitrogens with zero attached hydrogens (tertiary/aromatic N) is 8. The van der Waals surface area contributed by atoms with E-state index in [0.29, 0.717) is 18.8 Å². The molecule has 224 valence electrons. The Bertz CT molecular complexity index is 2060. The molecular weight excluding hydrogens is 582 g/mol. The summed E-state index contributed by atoms with van der Waals surface area (Å²) in [4.78, 5) is 45.6. The van der Waals surface area contributed by atoms with Gasteiger partial charge in [-0.15, -0.1) is 15.3 Å². The summed E-state index contributed by atoms with van der Waals surface area (Å²) in [6, 6.07) is 21.2. The van der Waals surface area contributed by atoms with Crippen LogP contribution in [0.25, 0.3) is 22.3 Å². The van der Waals surface area contributed by atoms with Gasteiger partial charge in [0.15, 0.2) is 0 Å². The summed E-state index contributed by atoms with van der Waals surface area (Å²) in [5.74, 6) is -4.18. The zero-order chi connectivity index (χ0) is 31.5. The highest BCUT2D eigenvalue weighted by Crippen LogP contribution is 2.32. The number of aromatic nitrogens is 9. The van der Waals surface area contributed by atoms with Gasteiger partial charge in [-0.05, 0) is 51.1 Å². The van der Waals surface area contributed by atoms with E-state index in [1.807, 2.05) is 66.7 Å². The molecule has 15 nitrogen and oxygen atoms in total. The average Bonchev–Trinajstić information content (AvgIpc) is 3.80. The van der Waals surface area contributed by atoms with E-state index in [1.165, 1.54) is 22.0 Å². The molecule has 6 rings (SSSR count). The van der Waals surface area contributed by atoms with Gasteiger partial charge in [-0.2, -0.15) is 0 Å². The summed E-state index contributed by atoms with van der Waals surface area (Å²) in [7, 11) is 0. The van der Waals surface area contributed by atoms with Gasteiger partial charge in [0.25, 0.3) is 17.5 Å². The third-order valence-corrected chi connectivity index (χ3v) is 6.88. The number of H-pyrrole nitrogens is 1. The Morgan fingerprint density at radius 1 is 0.667 bits per heavy atom. The maximum atomic E-state index is 11.4. The smallest absolute Gasteiger partial charge is 0.375 e. The molecule has 6 aromatic rings. The van der Waals surface area contributed by atoms with Crippen molar-refractivity contribution in [3.8, 4) is 22.3 Å². The molecule has 0 spiro atoms. The lowest BCUT2D eigenvalue weighted by Crippen LogP contribution is -2.06. The second kappa shape index (κ2) is 12.0. The van der Waals surface area contributed by atoms with E-state index >= 15 is 0 Å². The molecule has 0 bridgehead atoms. The first-order valence-electron chi connectivity index (χ1n) is 13.4. The Hall–Kier alpha value is -6.51. The molecule has 4 N–H and O–H groups in total. The first-order chi connectivity index (χ1) is 21.7. The van der Waals surface area contributed by atoms with Crippen LogP contribution < -0.4 is 0 Å². The minimum atomic E-state index is -1.23. The predicted molar refractivity (Wildman–Crippen MR) is 156 cm³/mol. The minimum Gasteiger partial charge on any atom is -0.475 e. The molecule has 0 aliphatic rings. The van der Waals surface area contributed by atoms with Crippen LogP contribution in [-0.4, -0.2) is 77.9 Å². The summed E-state index contributed by atoms with van der Waals surface area (Å²) >= 11 is 0. The van der Waals surface area contributed by atoms with Crippen LogP contribution in [0.5, 0.6) is 0 Å². The Kier molecular flexibility index (Phi) is 7.63. The lowest BCUT2D eigenvalue weighted by molar-refractivity contribution is 0.0673. The molecule has 0 aliphatic carbocycles. The van der Waals surface area contributed by atoms with Crippen molar-refractivity contribution >= 4 is 17.9 Å². The second-order valence-corrected chi connectivity index (χ2v) is 9.96. The zero-order valence-corrected chi connectivity index (χ0v) is 23.3. The Labute approximate surface area is 253 Å². The summed E-state index contributed by atoms with van der Waals surface area (Å²) in [6.45, 7) is 0.510. The van der Waals surface area contributed by atoms with Gasteiger partial charge in [-0.25, -0.2) is 38.7 Å². The van der Waals surface area contributed by atoms with Gasteiger partial charge in [0.2, 0.25) is 0 Å². The molecular formula is C30H23N9O6. The van der Waals surface area contributed by atoms with E-state index in [9.17, 15) is 24.6 Å². The minimum absolute atomic E-state index is 0.213. The van der Waals surface area contributed by atoms with E-state index in [1.54, 1.807) is 0 Å².